The molecule has 0 aromatic carbocycles. The molecule has 0 radical (unpaired) electrons. The smallest absolute Gasteiger partial charge is 0.131 e. The largest absolute Gasteiger partial charge is 0.356 e. The average Bonchev–Trinajstić information content (AvgIpc) is 2.30. The molecule has 0 bridgehead atoms. The van der Waals surface area contributed by atoms with Crippen molar-refractivity contribution in [3.8, 4) is 0 Å². The Morgan fingerprint density at radius 3 is 3.19 bits per heavy atom. The molecular weight excluding hydrogens is 198 g/mol. The second-order valence-electron chi connectivity index (χ2n) is 4.66. The minimum absolute atomic E-state index is 0.764. The van der Waals surface area contributed by atoms with Gasteiger partial charge < -0.3 is 10.2 Å². The Bertz CT molecular complexity index is 336. The van der Waals surface area contributed by atoms with Gasteiger partial charge in [0.1, 0.15) is 5.82 Å². The lowest BCUT2D eigenvalue weighted by atomic mass is 9.98. The van der Waals surface area contributed by atoms with E-state index in [0.29, 0.717) is 0 Å². The van der Waals surface area contributed by atoms with Gasteiger partial charge in [-0.15, -0.1) is 0 Å². The van der Waals surface area contributed by atoms with Crippen LogP contribution < -0.4 is 10.2 Å². The lowest BCUT2D eigenvalue weighted by Gasteiger charge is -2.34. The molecule has 0 amide bonds. The summed E-state index contributed by atoms with van der Waals surface area (Å²) >= 11 is 0. The lowest BCUT2D eigenvalue weighted by molar-refractivity contribution is 0.401. The number of aromatic nitrogens is 1. The maximum atomic E-state index is 4.50. The Hall–Kier alpha value is -1.09. The van der Waals surface area contributed by atoms with Gasteiger partial charge in [0.05, 0.1) is 0 Å². The average molecular weight is 219 g/mol. The van der Waals surface area contributed by atoms with Crippen LogP contribution in [-0.2, 0) is 0 Å². The fourth-order valence-electron chi connectivity index (χ4n) is 2.52. The summed E-state index contributed by atoms with van der Waals surface area (Å²) in [6.45, 7) is 5.54. The van der Waals surface area contributed by atoms with E-state index in [0.717, 1.165) is 25.6 Å². The van der Waals surface area contributed by atoms with Crippen LogP contribution in [0.5, 0.6) is 0 Å². The van der Waals surface area contributed by atoms with Gasteiger partial charge in [-0.05, 0) is 50.9 Å². The fourth-order valence-corrected chi connectivity index (χ4v) is 2.52. The summed E-state index contributed by atoms with van der Waals surface area (Å²) in [5.41, 5.74) is 1.28. The number of hydrogen-bond acceptors (Lipinski definition) is 3. The molecule has 0 saturated carbocycles. The first-order chi connectivity index (χ1) is 7.81. The zero-order valence-corrected chi connectivity index (χ0v) is 10.2. The third kappa shape index (κ3) is 2.53. The van der Waals surface area contributed by atoms with Crippen LogP contribution in [0.25, 0.3) is 0 Å². The molecule has 2 rings (SSSR count). The zero-order chi connectivity index (χ0) is 11.4. The van der Waals surface area contributed by atoms with Gasteiger partial charge >= 0.3 is 0 Å². The molecule has 1 aromatic heterocycles. The maximum Gasteiger partial charge on any atom is 0.131 e. The zero-order valence-electron chi connectivity index (χ0n) is 10.2. The van der Waals surface area contributed by atoms with Crippen molar-refractivity contribution in [1.29, 1.82) is 0 Å². The van der Waals surface area contributed by atoms with Gasteiger partial charge in [0.25, 0.3) is 0 Å². The topological polar surface area (TPSA) is 28.2 Å². The Labute approximate surface area is 97.9 Å². The van der Waals surface area contributed by atoms with Crippen LogP contribution in [0.3, 0.4) is 0 Å². The molecule has 3 nitrogen and oxygen atoms in total. The van der Waals surface area contributed by atoms with Crippen LogP contribution in [0.4, 0.5) is 5.82 Å². The first-order valence-corrected chi connectivity index (χ1v) is 6.12. The van der Waals surface area contributed by atoms with E-state index in [-0.39, 0.29) is 0 Å². The summed E-state index contributed by atoms with van der Waals surface area (Å²) in [7, 11) is 2.03. The van der Waals surface area contributed by atoms with E-state index in [4.69, 9.17) is 0 Å². The molecule has 1 aliphatic heterocycles. The first-order valence-electron chi connectivity index (χ1n) is 6.12. The molecule has 2 heterocycles. The molecule has 0 spiro atoms. The molecule has 1 fully saturated rings. The lowest BCUT2D eigenvalue weighted by Crippen LogP contribution is -2.39. The second kappa shape index (κ2) is 5.30. The molecule has 1 aromatic rings. The van der Waals surface area contributed by atoms with E-state index >= 15 is 0 Å². The quantitative estimate of drug-likeness (QED) is 0.840. The van der Waals surface area contributed by atoms with E-state index < -0.39 is 0 Å². The van der Waals surface area contributed by atoms with Gasteiger partial charge in [0.15, 0.2) is 0 Å². The van der Waals surface area contributed by atoms with E-state index in [9.17, 15) is 0 Å². The number of rotatable bonds is 3. The Kier molecular flexibility index (Phi) is 3.78. The third-order valence-electron chi connectivity index (χ3n) is 3.29. The second-order valence-corrected chi connectivity index (χ2v) is 4.66. The highest BCUT2D eigenvalue weighted by Gasteiger charge is 2.20. The summed E-state index contributed by atoms with van der Waals surface area (Å²) < 4.78 is 0. The van der Waals surface area contributed by atoms with Crippen molar-refractivity contribution in [1.82, 2.24) is 10.3 Å². The maximum absolute atomic E-state index is 4.50. The van der Waals surface area contributed by atoms with Crippen molar-refractivity contribution in [2.75, 3.05) is 31.6 Å². The molecule has 88 valence electrons. The van der Waals surface area contributed by atoms with E-state index in [1.165, 1.54) is 24.2 Å². The van der Waals surface area contributed by atoms with Crippen LogP contribution in [0.1, 0.15) is 18.4 Å². The minimum Gasteiger partial charge on any atom is -0.356 e. The Morgan fingerprint density at radius 2 is 2.44 bits per heavy atom. The molecule has 1 atom stereocenters. The van der Waals surface area contributed by atoms with Crippen LogP contribution in [0, 0.1) is 12.8 Å². The molecule has 1 saturated heterocycles. The predicted octanol–water partition coefficient (Wildman–Crippen LogP) is 1.83. The van der Waals surface area contributed by atoms with Crippen molar-refractivity contribution < 1.29 is 0 Å². The molecule has 1 aliphatic rings. The number of piperidine rings is 1. The Balaban J connectivity index is 2.07. The molecule has 1 unspecified atom stereocenters. The normalized spacial score (nSPS) is 21.1. The highest BCUT2D eigenvalue weighted by atomic mass is 15.2. The van der Waals surface area contributed by atoms with Crippen LogP contribution >= 0.6 is 0 Å². The van der Waals surface area contributed by atoms with E-state index in [2.05, 4.69) is 28.2 Å². The number of anilines is 1. The molecule has 1 N–H and O–H groups in total. The Morgan fingerprint density at radius 1 is 1.56 bits per heavy atom. The summed E-state index contributed by atoms with van der Waals surface area (Å²) in [6, 6.07) is 4.15. The highest BCUT2D eigenvalue weighted by molar-refractivity contribution is 5.46. The van der Waals surface area contributed by atoms with Gasteiger partial charge in [0, 0.05) is 19.3 Å². The van der Waals surface area contributed by atoms with Crippen molar-refractivity contribution in [2.24, 2.45) is 5.92 Å². The summed E-state index contributed by atoms with van der Waals surface area (Å²) in [6.07, 6.45) is 4.51. The number of aryl methyl sites for hydroxylation is 1. The van der Waals surface area contributed by atoms with Gasteiger partial charge in [-0.2, -0.15) is 0 Å². The van der Waals surface area contributed by atoms with Crippen LogP contribution in [0.15, 0.2) is 18.3 Å². The van der Waals surface area contributed by atoms with Crippen LogP contribution in [0.2, 0.25) is 0 Å². The molecule has 3 heteroatoms. The molecule has 0 aliphatic carbocycles. The standard InChI is InChI=1S/C13H21N3/c1-11-5-3-7-15-13(11)16-8-4-6-12(10-16)9-14-2/h3,5,7,12,14H,4,6,8-10H2,1-2H3. The summed E-state index contributed by atoms with van der Waals surface area (Å²) in [5, 5.41) is 3.28. The van der Waals surface area contributed by atoms with Gasteiger partial charge in [-0.3, -0.25) is 0 Å². The minimum atomic E-state index is 0.764. The summed E-state index contributed by atoms with van der Waals surface area (Å²) in [5.74, 6) is 1.93. The van der Waals surface area contributed by atoms with Crippen molar-refractivity contribution >= 4 is 5.82 Å². The summed E-state index contributed by atoms with van der Waals surface area (Å²) in [4.78, 5) is 6.93. The predicted molar refractivity (Wildman–Crippen MR) is 67.8 cm³/mol. The van der Waals surface area contributed by atoms with Crippen LogP contribution in [-0.4, -0.2) is 31.7 Å². The third-order valence-corrected chi connectivity index (χ3v) is 3.29. The van der Waals surface area contributed by atoms with E-state index in [1.54, 1.807) is 0 Å². The SMILES string of the molecule is CNCC1CCCN(c2ncccc2C)C1. The van der Waals surface area contributed by atoms with Crippen molar-refractivity contribution in [3.63, 3.8) is 0 Å². The number of nitrogens with zero attached hydrogens (tertiary/aromatic N) is 2. The van der Waals surface area contributed by atoms with Crippen molar-refractivity contribution in [2.45, 2.75) is 19.8 Å². The van der Waals surface area contributed by atoms with E-state index in [1.807, 2.05) is 19.3 Å². The van der Waals surface area contributed by atoms with Gasteiger partial charge in [-0.1, -0.05) is 6.07 Å². The van der Waals surface area contributed by atoms with Crippen molar-refractivity contribution in [3.05, 3.63) is 23.9 Å². The monoisotopic (exact) mass is 219 g/mol. The van der Waals surface area contributed by atoms with Gasteiger partial charge in [-0.25, -0.2) is 4.98 Å². The van der Waals surface area contributed by atoms with Gasteiger partial charge in [0.2, 0.25) is 0 Å². The molecular formula is C13H21N3. The first kappa shape index (κ1) is 11.4. The molecule has 16 heavy (non-hydrogen) atoms. The number of hydrogen-bond donors (Lipinski definition) is 1. The highest BCUT2D eigenvalue weighted by Crippen LogP contribution is 2.23. The fraction of sp³-hybridized carbons (Fsp3) is 0.615. The number of nitrogens with one attached hydrogen (secondary N) is 1. The number of pyridine rings is 1.